The molecule has 0 amide bonds. The second-order valence-corrected chi connectivity index (χ2v) is 6.66. The molecule has 1 aliphatic rings. The first-order valence-electron chi connectivity index (χ1n) is 6.89. The minimum atomic E-state index is -3.53. The van der Waals surface area contributed by atoms with Crippen LogP contribution in [0.4, 0.5) is 0 Å². The normalized spacial score (nSPS) is 16.2. The molecule has 2 rings (SSSR count). The number of nitrogens with one attached hydrogen (secondary N) is 2. The van der Waals surface area contributed by atoms with Crippen molar-refractivity contribution in [2.75, 3.05) is 0 Å². The van der Waals surface area contributed by atoms with Gasteiger partial charge in [-0.05, 0) is 37.8 Å². The zero-order valence-electron chi connectivity index (χ0n) is 11.5. The van der Waals surface area contributed by atoms with Gasteiger partial charge in [-0.3, -0.25) is 0 Å². The molecular formula is C13H22N2O3S. The van der Waals surface area contributed by atoms with Crippen LogP contribution in [0.1, 0.15) is 45.3 Å². The molecule has 108 valence electrons. The minimum absolute atomic E-state index is 0.00648. The lowest BCUT2D eigenvalue weighted by atomic mass is 10.2. The van der Waals surface area contributed by atoms with Crippen molar-refractivity contribution in [3.8, 4) is 0 Å². The quantitative estimate of drug-likeness (QED) is 0.767. The summed E-state index contributed by atoms with van der Waals surface area (Å²) in [6, 6.07) is 3.78. The Morgan fingerprint density at radius 1 is 1.32 bits per heavy atom. The minimum Gasteiger partial charge on any atom is -0.447 e. The third-order valence-corrected chi connectivity index (χ3v) is 4.74. The van der Waals surface area contributed by atoms with Crippen LogP contribution in [-0.4, -0.2) is 20.5 Å². The summed E-state index contributed by atoms with van der Waals surface area (Å²) in [5.74, 6) is 0.664. The molecule has 6 heteroatoms. The summed E-state index contributed by atoms with van der Waals surface area (Å²) >= 11 is 0. The number of hydrogen-bond donors (Lipinski definition) is 2. The Hall–Kier alpha value is -0.850. The van der Waals surface area contributed by atoms with Crippen LogP contribution in [0.15, 0.2) is 21.6 Å². The first-order chi connectivity index (χ1) is 9.05. The SMILES string of the molecule is CCC(CC)NS(=O)(=O)c1ccc(CNC2CC2)o1. The smallest absolute Gasteiger partial charge is 0.274 e. The summed E-state index contributed by atoms with van der Waals surface area (Å²) in [4.78, 5) is 0. The van der Waals surface area contributed by atoms with Crippen LogP contribution in [0.3, 0.4) is 0 Å². The molecule has 0 aliphatic heterocycles. The zero-order valence-corrected chi connectivity index (χ0v) is 12.3. The molecule has 1 fully saturated rings. The highest BCUT2D eigenvalue weighted by Gasteiger charge is 2.23. The maximum absolute atomic E-state index is 12.1. The van der Waals surface area contributed by atoms with Crippen LogP contribution in [0.2, 0.25) is 0 Å². The molecule has 1 aromatic rings. The van der Waals surface area contributed by atoms with Gasteiger partial charge in [0.25, 0.3) is 10.0 Å². The fourth-order valence-corrected chi connectivity index (χ4v) is 3.22. The van der Waals surface area contributed by atoms with Crippen LogP contribution >= 0.6 is 0 Å². The van der Waals surface area contributed by atoms with E-state index >= 15 is 0 Å². The molecule has 2 N–H and O–H groups in total. The Bertz CT molecular complexity index is 502. The third kappa shape index (κ3) is 4.06. The average molecular weight is 286 g/mol. The zero-order chi connectivity index (χ0) is 13.9. The molecule has 0 unspecified atom stereocenters. The van der Waals surface area contributed by atoms with Gasteiger partial charge in [0.1, 0.15) is 5.76 Å². The van der Waals surface area contributed by atoms with E-state index in [4.69, 9.17) is 4.42 Å². The van der Waals surface area contributed by atoms with Crippen molar-refractivity contribution >= 4 is 10.0 Å². The van der Waals surface area contributed by atoms with E-state index in [0.717, 1.165) is 12.8 Å². The largest absolute Gasteiger partial charge is 0.447 e. The average Bonchev–Trinajstić information content (AvgIpc) is 3.09. The van der Waals surface area contributed by atoms with E-state index in [2.05, 4.69) is 10.0 Å². The molecular weight excluding hydrogens is 264 g/mol. The maximum Gasteiger partial charge on any atom is 0.274 e. The molecule has 1 aromatic heterocycles. The van der Waals surface area contributed by atoms with E-state index < -0.39 is 10.0 Å². The van der Waals surface area contributed by atoms with Crippen LogP contribution in [-0.2, 0) is 16.6 Å². The van der Waals surface area contributed by atoms with Gasteiger partial charge < -0.3 is 9.73 Å². The summed E-state index contributed by atoms with van der Waals surface area (Å²) in [6.45, 7) is 4.51. The third-order valence-electron chi connectivity index (χ3n) is 3.35. The van der Waals surface area contributed by atoms with Gasteiger partial charge in [0.15, 0.2) is 0 Å². The lowest BCUT2D eigenvalue weighted by Crippen LogP contribution is -2.33. The standard InChI is InChI=1S/C13H22N2O3S/c1-3-10(4-2)15-19(16,17)13-8-7-12(18-13)9-14-11-5-6-11/h7-8,10-11,14-15H,3-6,9H2,1-2H3. The molecule has 0 bridgehead atoms. The van der Waals surface area contributed by atoms with Crippen molar-refractivity contribution in [3.05, 3.63) is 17.9 Å². The predicted octanol–water partition coefficient (Wildman–Crippen LogP) is 2.00. The van der Waals surface area contributed by atoms with Crippen molar-refractivity contribution in [3.63, 3.8) is 0 Å². The molecule has 0 aromatic carbocycles. The number of rotatable bonds is 8. The highest BCUT2D eigenvalue weighted by molar-refractivity contribution is 7.89. The fraction of sp³-hybridized carbons (Fsp3) is 0.692. The molecule has 0 radical (unpaired) electrons. The van der Waals surface area contributed by atoms with Crippen LogP contribution in [0.5, 0.6) is 0 Å². The Morgan fingerprint density at radius 3 is 2.58 bits per heavy atom. The van der Waals surface area contributed by atoms with Crippen LogP contribution in [0, 0.1) is 0 Å². The first-order valence-corrected chi connectivity index (χ1v) is 8.38. The Kier molecular flexibility index (Phi) is 4.65. The summed E-state index contributed by atoms with van der Waals surface area (Å²) in [5, 5.41) is 3.30. The van der Waals surface area contributed by atoms with Gasteiger partial charge in [0.2, 0.25) is 5.09 Å². The second-order valence-electron chi connectivity index (χ2n) is 5.01. The molecule has 0 atom stereocenters. The Labute approximate surface area is 114 Å². The van der Waals surface area contributed by atoms with Crippen molar-refractivity contribution in [2.45, 2.75) is 63.3 Å². The van der Waals surface area contributed by atoms with E-state index in [1.807, 2.05) is 13.8 Å². The highest BCUT2D eigenvalue weighted by Crippen LogP contribution is 2.20. The molecule has 0 saturated heterocycles. The van der Waals surface area contributed by atoms with E-state index in [0.29, 0.717) is 18.3 Å². The van der Waals surface area contributed by atoms with Gasteiger partial charge >= 0.3 is 0 Å². The van der Waals surface area contributed by atoms with Crippen molar-refractivity contribution in [1.82, 2.24) is 10.0 Å². The molecule has 1 heterocycles. The number of sulfonamides is 1. The lowest BCUT2D eigenvalue weighted by Gasteiger charge is -2.13. The molecule has 5 nitrogen and oxygen atoms in total. The Balaban J connectivity index is 1.98. The predicted molar refractivity (Wildman–Crippen MR) is 73.3 cm³/mol. The van der Waals surface area contributed by atoms with Crippen molar-refractivity contribution < 1.29 is 12.8 Å². The van der Waals surface area contributed by atoms with Crippen molar-refractivity contribution in [2.24, 2.45) is 0 Å². The molecule has 0 spiro atoms. The van der Waals surface area contributed by atoms with Gasteiger partial charge in [-0.25, -0.2) is 13.1 Å². The van der Waals surface area contributed by atoms with Gasteiger partial charge in [-0.15, -0.1) is 0 Å². The topological polar surface area (TPSA) is 71.3 Å². The maximum atomic E-state index is 12.1. The van der Waals surface area contributed by atoms with Gasteiger partial charge in [0, 0.05) is 12.1 Å². The van der Waals surface area contributed by atoms with Crippen molar-refractivity contribution in [1.29, 1.82) is 0 Å². The van der Waals surface area contributed by atoms with Crippen LogP contribution in [0.25, 0.3) is 0 Å². The number of hydrogen-bond acceptors (Lipinski definition) is 4. The van der Waals surface area contributed by atoms with Gasteiger partial charge in [0.05, 0.1) is 6.54 Å². The second kappa shape index (κ2) is 6.07. The van der Waals surface area contributed by atoms with Gasteiger partial charge in [-0.1, -0.05) is 13.8 Å². The fourth-order valence-electron chi connectivity index (χ4n) is 1.86. The molecule has 19 heavy (non-hydrogen) atoms. The molecule has 1 aliphatic carbocycles. The lowest BCUT2D eigenvalue weighted by molar-refractivity contribution is 0.396. The molecule has 1 saturated carbocycles. The first kappa shape index (κ1) is 14.6. The highest BCUT2D eigenvalue weighted by atomic mass is 32.2. The van der Waals surface area contributed by atoms with E-state index in [9.17, 15) is 8.42 Å². The summed E-state index contributed by atoms with van der Waals surface area (Å²) < 4.78 is 32.3. The Morgan fingerprint density at radius 2 is 2.00 bits per heavy atom. The van der Waals surface area contributed by atoms with E-state index in [-0.39, 0.29) is 11.1 Å². The van der Waals surface area contributed by atoms with E-state index in [1.165, 1.54) is 18.9 Å². The van der Waals surface area contributed by atoms with E-state index in [1.54, 1.807) is 6.07 Å². The number of furan rings is 1. The van der Waals surface area contributed by atoms with Gasteiger partial charge in [-0.2, -0.15) is 0 Å². The van der Waals surface area contributed by atoms with Crippen LogP contribution < -0.4 is 10.0 Å². The summed E-state index contributed by atoms with van der Waals surface area (Å²) in [6.07, 6.45) is 3.93. The summed E-state index contributed by atoms with van der Waals surface area (Å²) in [7, 11) is -3.53. The summed E-state index contributed by atoms with van der Waals surface area (Å²) in [5.41, 5.74) is 0. The monoisotopic (exact) mass is 286 g/mol.